The van der Waals surface area contributed by atoms with E-state index in [1.54, 1.807) is 0 Å². The molecule has 0 aliphatic carbocycles. The molecule has 4 rings (SSSR count). The van der Waals surface area contributed by atoms with Crippen LogP contribution >= 0.6 is 0 Å². The number of aromatic amines is 1. The van der Waals surface area contributed by atoms with Gasteiger partial charge in [-0.25, -0.2) is 4.79 Å². The number of methoxy groups -OCH3 is 1. The molecule has 1 saturated heterocycles. The fraction of sp³-hybridized carbons (Fsp3) is 0.414. The molecule has 0 bridgehead atoms. The molecule has 0 saturated carbocycles. The molecule has 11 heteroatoms. The number of carbonyl (C=O) groups is 1. The van der Waals surface area contributed by atoms with Crippen LogP contribution in [0.15, 0.2) is 82.5 Å². The van der Waals surface area contributed by atoms with Crippen molar-refractivity contribution >= 4 is 24.7 Å². The van der Waals surface area contributed by atoms with Crippen molar-refractivity contribution in [3.63, 3.8) is 0 Å². The van der Waals surface area contributed by atoms with Crippen molar-refractivity contribution in [2.24, 2.45) is 0 Å². The van der Waals surface area contributed by atoms with Crippen LogP contribution in [0, 0.1) is 0 Å². The van der Waals surface area contributed by atoms with Gasteiger partial charge in [0.25, 0.3) is 13.9 Å². The first-order valence-electron chi connectivity index (χ1n) is 13.0. The van der Waals surface area contributed by atoms with Gasteiger partial charge in [0.05, 0.1) is 13.2 Å². The summed E-state index contributed by atoms with van der Waals surface area (Å²) in [5, 5.41) is 12.5. The quantitative estimate of drug-likeness (QED) is 0.292. The molecule has 4 atom stereocenters. The Morgan fingerprint density at radius 2 is 1.62 bits per heavy atom. The van der Waals surface area contributed by atoms with Gasteiger partial charge in [-0.1, -0.05) is 81.4 Å². The summed E-state index contributed by atoms with van der Waals surface area (Å²) in [4.78, 5) is 38.8. The van der Waals surface area contributed by atoms with E-state index in [0.29, 0.717) is 0 Å². The largest absolute Gasteiger partial charge is 0.455 e. The third kappa shape index (κ3) is 5.35. The SMILES string of the molecule is CO[C@H]1[C@@H](OC(C)=O)[C@H](n2ccc(=O)[nH]c2=O)O[C@]1(CO)CO[Si](c1ccccc1)(c1ccccc1)C(C)(C)C. The monoisotopic (exact) mass is 568 g/mol. The third-order valence-corrected chi connectivity index (χ3v) is 12.3. The maximum atomic E-state index is 12.7. The van der Waals surface area contributed by atoms with Crippen molar-refractivity contribution in [1.82, 2.24) is 9.55 Å². The van der Waals surface area contributed by atoms with Gasteiger partial charge in [0.1, 0.15) is 11.7 Å². The van der Waals surface area contributed by atoms with Crippen molar-refractivity contribution in [2.75, 3.05) is 20.3 Å². The Morgan fingerprint density at radius 1 is 1.05 bits per heavy atom. The molecule has 3 aromatic rings. The van der Waals surface area contributed by atoms with E-state index >= 15 is 0 Å². The van der Waals surface area contributed by atoms with Gasteiger partial charge in [0, 0.05) is 26.3 Å². The molecule has 2 aromatic carbocycles. The number of aliphatic hydroxyl groups is 1. The number of nitrogens with zero attached hydrogens (tertiary/aromatic N) is 1. The Morgan fingerprint density at radius 3 is 2.08 bits per heavy atom. The van der Waals surface area contributed by atoms with Gasteiger partial charge in [0.15, 0.2) is 12.3 Å². The van der Waals surface area contributed by atoms with Gasteiger partial charge in [-0.15, -0.1) is 0 Å². The summed E-state index contributed by atoms with van der Waals surface area (Å²) in [5.74, 6) is -0.625. The van der Waals surface area contributed by atoms with Crippen LogP contribution in [0.1, 0.15) is 33.9 Å². The van der Waals surface area contributed by atoms with Crippen LogP contribution in [0.25, 0.3) is 0 Å². The van der Waals surface area contributed by atoms with Gasteiger partial charge < -0.3 is 23.7 Å². The van der Waals surface area contributed by atoms with Crippen molar-refractivity contribution in [1.29, 1.82) is 0 Å². The predicted octanol–water partition coefficient (Wildman–Crippen LogP) is 1.32. The number of esters is 1. The van der Waals surface area contributed by atoms with Gasteiger partial charge in [-0.2, -0.15) is 0 Å². The van der Waals surface area contributed by atoms with E-state index in [1.807, 2.05) is 60.7 Å². The number of H-pyrrole nitrogens is 1. The lowest BCUT2D eigenvalue weighted by Gasteiger charge is -2.45. The summed E-state index contributed by atoms with van der Waals surface area (Å²) in [7, 11) is -1.65. The Hall–Kier alpha value is -3.35. The maximum absolute atomic E-state index is 12.7. The summed E-state index contributed by atoms with van der Waals surface area (Å²) in [6.07, 6.45) is -2.08. The van der Waals surface area contributed by atoms with Crippen LogP contribution in [-0.2, 0) is 23.4 Å². The number of ether oxygens (including phenoxy) is 3. The smallest absolute Gasteiger partial charge is 0.330 e. The van der Waals surface area contributed by atoms with Gasteiger partial charge in [-0.3, -0.25) is 19.1 Å². The van der Waals surface area contributed by atoms with Gasteiger partial charge in [0.2, 0.25) is 0 Å². The van der Waals surface area contributed by atoms with Crippen molar-refractivity contribution in [3.8, 4) is 0 Å². The number of carbonyl (C=O) groups excluding carboxylic acids is 1. The molecule has 2 heterocycles. The van der Waals surface area contributed by atoms with Crippen molar-refractivity contribution < 1.29 is 28.5 Å². The zero-order chi connectivity index (χ0) is 29.1. The van der Waals surface area contributed by atoms with Crippen LogP contribution in [0.4, 0.5) is 0 Å². The lowest BCUT2D eigenvalue weighted by atomic mass is 9.96. The minimum atomic E-state index is -3.07. The van der Waals surface area contributed by atoms with Crippen LogP contribution in [0.2, 0.25) is 5.04 Å². The molecule has 0 unspecified atom stereocenters. The molecule has 1 aliphatic rings. The first-order chi connectivity index (χ1) is 19.0. The van der Waals surface area contributed by atoms with E-state index in [0.717, 1.165) is 21.0 Å². The van der Waals surface area contributed by atoms with E-state index in [2.05, 4.69) is 25.8 Å². The molecule has 1 aromatic heterocycles. The van der Waals surface area contributed by atoms with Crippen molar-refractivity contribution in [3.05, 3.63) is 93.8 Å². The molecule has 1 aliphatic heterocycles. The highest BCUT2D eigenvalue weighted by Crippen LogP contribution is 2.43. The number of aliphatic hydroxyl groups excluding tert-OH is 1. The molecule has 0 spiro atoms. The number of hydrogen-bond acceptors (Lipinski definition) is 8. The number of hydrogen-bond donors (Lipinski definition) is 2. The number of benzene rings is 2. The first-order valence-corrected chi connectivity index (χ1v) is 14.9. The lowest BCUT2D eigenvalue weighted by molar-refractivity contribution is -0.157. The lowest BCUT2D eigenvalue weighted by Crippen LogP contribution is -2.68. The van der Waals surface area contributed by atoms with Crippen LogP contribution in [0.5, 0.6) is 0 Å². The summed E-state index contributed by atoms with van der Waals surface area (Å²) >= 11 is 0. The summed E-state index contributed by atoms with van der Waals surface area (Å²) in [6.45, 7) is 6.91. The molecular weight excluding hydrogens is 532 g/mol. The van der Waals surface area contributed by atoms with Crippen LogP contribution in [-0.4, -0.2) is 67.1 Å². The molecule has 0 radical (unpaired) electrons. The minimum absolute atomic E-state index is 0.137. The normalized spacial score (nSPS) is 23.2. The molecule has 10 nitrogen and oxygen atoms in total. The summed E-state index contributed by atoms with van der Waals surface area (Å²) < 4.78 is 25.9. The topological polar surface area (TPSA) is 129 Å². The highest BCUT2D eigenvalue weighted by molar-refractivity contribution is 6.99. The fourth-order valence-corrected chi connectivity index (χ4v) is 10.2. The summed E-state index contributed by atoms with van der Waals surface area (Å²) in [5.41, 5.74) is -2.87. The second kappa shape index (κ2) is 11.6. The molecule has 40 heavy (non-hydrogen) atoms. The number of aromatic nitrogens is 2. The van der Waals surface area contributed by atoms with Crippen molar-refractivity contribution in [2.45, 2.75) is 56.8 Å². The minimum Gasteiger partial charge on any atom is -0.455 e. The number of nitrogens with one attached hydrogen (secondary N) is 1. The van der Waals surface area contributed by atoms with Gasteiger partial charge in [-0.05, 0) is 15.4 Å². The Labute approximate surface area is 233 Å². The zero-order valence-electron chi connectivity index (χ0n) is 23.3. The van der Waals surface area contributed by atoms with E-state index in [1.165, 1.54) is 20.2 Å². The van der Waals surface area contributed by atoms with E-state index in [-0.39, 0.29) is 11.6 Å². The molecule has 1 fully saturated rings. The summed E-state index contributed by atoms with van der Waals surface area (Å²) in [6, 6.07) is 21.1. The first kappa shape index (κ1) is 29.6. The standard InChI is InChI=1S/C29H36N2O8Si/c1-20(33)38-24-25(36-5)29(18-32,39-26(24)31-17-16-23(34)30-27(31)35)19-37-40(28(2,3)4,21-12-8-6-9-13-21)22-14-10-7-11-15-22/h6-17,24-26,32H,18-19H2,1-5H3,(H,30,34,35)/t24-,25+,26-,29-/m1/s1. The second-order valence-electron chi connectivity index (χ2n) is 10.9. The maximum Gasteiger partial charge on any atom is 0.330 e. The van der Waals surface area contributed by atoms with E-state index < -0.39 is 56.2 Å². The second-order valence-corrected chi connectivity index (χ2v) is 15.2. The van der Waals surface area contributed by atoms with Gasteiger partial charge >= 0.3 is 11.7 Å². The Balaban J connectivity index is 1.84. The predicted molar refractivity (Wildman–Crippen MR) is 151 cm³/mol. The Bertz CT molecular complexity index is 1380. The molecule has 214 valence electrons. The van der Waals surface area contributed by atoms with Crippen LogP contribution < -0.4 is 21.6 Å². The van der Waals surface area contributed by atoms with E-state index in [9.17, 15) is 19.5 Å². The highest BCUT2D eigenvalue weighted by Gasteiger charge is 2.60. The molecule has 0 amide bonds. The third-order valence-electron chi connectivity index (χ3n) is 7.35. The fourth-order valence-electron chi connectivity index (χ4n) is 5.61. The molecular formula is C29H36N2O8Si. The zero-order valence-corrected chi connectivity index (χ0v) is 24.3. The van der Waals surface area contributed by atoms with Crippen LogP contribution in [0.3, 0.4) is 0 Å². The highest BCUT2D eigenvalue weighted by atomic mass is 28.4. The van der Waals surface area contributed by atoms with E-state index in [4.69, 9.17) is 18.6 Å². The number of rotatable bonds is 9. The average molecular weight is 569 g/mol. The Kier molecular flexibility index (Phi) is 8.62. The average Bonchev–Trinajstić information content (AvgIpc) is 3.22. The molecule has 2 N–H and O–H groups in total.